The van der Waals surface area contributed by atoms with Crippen LogP contribution in [0.2, 0.25) is 4.47 Å². The molecule has 1 aliphatic carbocycles. The quantitative estimate of drug-likeness (QED) is 0.799. The van der Waals surface area contributed by atoms with Gasteiger partial charge in [0.2, 0.25) is 9.47 Å². The van der Waals surface area contributed by atoms with Crippen molar-refractivity contribution in [3.05, 3.63) is 33.6 Å². The normalized spacial score (nSPS) is 14.5. The molecule has 21 heavy (non-hydrogen) atoms. The lowest BCUT2D eigenvalue weighted by atomic mass is 10.3. The maximum absolute atomic E-state index is 12.0. The lowest BCUT2D eigenvalue weighted by Gasteiger charge is -2.01. The lowest BCUT2D eigenvalue weighted by molar-refractivity contribution is 0.102. The Labute approximate surface area is 128 Å². The minimum atomic E-state index is -0.343. The van der Waals surface area contributed by atoms with Crippen LogP contribution >= 0.6 is 22.9 Å². The van der Waals surface area contributed by atoms with Crippen LogP contribution in [0.15, 0.2) is 22.6 Å². The third-order valence-corrected chi connectivity index (χ3v) is 4.20. The van der Waals surface area contributed by atoms with Crippen LogP contribution in [-0.2, 0) is 0 Å². The molecule has 8 heteroatoms. The maximum atomic E-state index is 12.0. The summed E-state index contributed by atoms with van der Waals surface area (Å²) in [6.07, 6.45) is 2.27. The monoisotopic (exact) mass is 320 g/mol. The molecule has 0 unspecified atom stereocenters. The van der Waals surface area contributed by atoms with Gasteiger partial charge in [0.15, 0.2) is 11.5 Å². The minimum absolute atomic E-state index is 0.221. The van der Waals surface area contributed by atoms with E-state index in [9.17, 15) is 4.79 Å². The maximum Gasteiger partial charge on any atom is 0.286 e. The first kappa shape index (κ1) is 12.7. The number of carbonyl (C=O) groups is 1. The molecule has 1 fully saturated rings. The second-order valence-electron chi connectivity index (χ2n) is 4.82. The number of hydrogen-bond acceptors (Lipinski definition) is 6. The summed E-state index contributed by atoms with van der Waals surface area (Å²) in [7, 11) is 0. The molecular weight excluding hydrogens is 312 g/mol. The van der Waals surface area contributed by atoms with E-state index in [1.165, 1.54) is 0 Å². The van der Waals surface area contributed by atoms with E-state index in [1.807, 2.05) is 0 Å². The average Bonchev–Trinajstić information content (AvgIpc) is 3.09. The van der Waals surface area contributed by atoms with Crippen LogP contribution in [-0.4, -0.2) is 21.1 Å². The van der Waals surface area contributed by atoms with E-state index in [2.05, 4.69) is 20.5 Å². The largest absolute Gasteiger partial charge is 0.440 e. The van der Waals surface area contributed by atoms with Crippen LogP contribution in [0.25, 0.3) is 11.1 Å². The Hall–Kier alpha value is -1.99. The molecule has 106 valence electrons. The number of rotatable bonds is 3. The Morgan fingerprint density at radius 3 is 2.95 bits per heavy atom. The van der Waals surface area contributed by atoms with Crippen molar-refractivity contribution in [2.45, 2.75) is 18.8 Å². The standard InChI is InChI=1S/C13H9ClN4O2S/c14-13-18-17-12(21-13)10(19)15-7-3-4-9-8(5-7)16-11(20-9)6-1-2-6/h3-6H,1-2H2,(H,15,19). The van der Waals surface area contributed by atoms with E-state index in [-0.39, 0.29) is 15.4 Å². The lowest BCUT2D eigenvalue weighted by Crippen LogP contribution is -2.11. The van der Waals surface area contributed by atoms with Gasteiger partial charge in [-0.1, -0.05) is 11.3 Å². The van der Waals surface area contributed by atoms with Gasteiger partial charge in [-0.05, 0) is 42.6 Å². The van der Waals surface area contributed by atoms with Crippen LogP contribution in [0.5, 0.6) is 0 Å². The van der Waals surface area contributed by atoms with Crippen molar-refractivity contribution in [2.24, 2.45) is 0 Å². The van der Waals surface area contributed by atoms with E-state index >= 15 is 0 Å². The summed E-state index contributed by atoms with van der Waals surface area (Å²) in [5.41, 5.74) is 2.10. The number of halogens is 1. The minimum Gasteiger partial charge on any atom is -0.440 e. The van der Waals surface area contributed by atoms with E-state index in [1.54, 1.807) is 18.2 Å². The molecule has 1 amide bonds. The average molecular weight is 321 g/mol. The van der Waals surface area contributed by atoms with Gasteiger partial charge in [0.25, 0.3) is 5.91 Å². The molecule has 2 heterocycles. The van der Waals surface area contributed by atoms with Crippen LogP contribution in [0.4, 0.5) is 5.69 Å². The number of fused-ring (bicyclic) bond motifs is 1. The Bertz CT molecular complexity index is 840. The fraction of sp³-hybridized carbons (Fsp3) is 0.231. The first-order valence-electron chi connectivity index (χ1n) is 6.40. The molecule has 1 aromatic carbocycles. The number of anilines is 1. The molecule has 0 bridgehead atoms. The number of amides is 1. The van der Waals surface area contributed by atoms with E-state index in [4.69, 9.17) is 16.0 Å². The van der Waals surface area contributed by atoms with Crippen LogP contribution in [0.1, 0.15) is 34.5 Å². The molecule has 0 atom stereocenters. The summed E-state index contributed by atoms with van der Waals surface area (Å²) in [6.45, 7) is 0. The smallest absolute Gasteiger partial charge is 0.286 e. The number of nitrogens with one attached hydrogen (secondary N) is 1. The van der Waals surface area contributed by atoms with E-state index in [0.29, 0.717) is 11.6 Å². The van der Waals surface area contributed by atoms with Crippen molar-refractivity contribution in [3.63, 3.8) is 0 Å². The van der Waals surface area contributed by atoms with Gasteiger partial charge in [0.1, 0.15) is 5.52 Å². The zero-order chi connectivity index (χ0) is 14.4. The fourth-order valence-corrected chi connectivity index (χ4v) is 2.73. The highest BCUT2D eigenvalue weighted by Crippen LogP contribution is 2.40. The summed E-state index contributed by atoms with van der Waals surface area (Å²) in [5.74, 6) is 0.896. The van der Waals surface area contributed by atoms with E-state index < -0.39 is 0 Å². The molecule has 1 aliphatic rings. The molecule has 1 N–H and O–H groups in total. The van der Waals surface area contributed by atoms with Gasteiger partial charge >= 0.3 is 0 Å². The molecule has 0 saturated heterocycles. The van der Waals surface area contributed by atoms with Crippen LogP contribution in [0.3, 0.4) is 0 Å². The zero-order valence-corrected chi connectivity index (χ0v) is 12.2. The number of carbonyl (C=O) groups excluding carboxylic acids is 1. The number of hydrogen-bond donors (Lipinski definition) is 1. The predicted molar refractivity (Wildman–Crippen MR) is 78.9 cm³/mol. The van der Waals surface area contributed by atoms with Crippen LogP contribution in [0, 0.1) is 0 Å². The van der Waals surface area contributed by atoms with Crippen molar-refractivity contribution in [2.75, 3.05) is 5.32 Å². The third kappa shape index (κ3) is 2.50. The topological polar surface area (TPSA) is 80.9 Å². The second-order valence-corrected chi connectivity index (χ2v) is 6.38. The van der Waals surface area contributed by atoms with Gasteiger partial charge in [-0.3, -0.25) is 4.79 Å². The zero-order valence-electron chi connectivity index (χ0n) is 10.7. The Morgan fingerprint density at radius 2 is 2.24 bits per heavy atom. The Kier molecular flexibility index (Phi) is 2.90. The Morgan fingerprint density at radius 1 is 1.38 bits per heavy atom. The molecular formula is C13H9ClN4O2S. The number of benzene rings is 1. The third-order valence-electron chi connectivity index (χ3n) is 3.18. The molecule has 0 aliphatic heterocycles. The molecule has 0 radical (unpaired) electrons. The van der Waals surface area contributed by atoms with Gasteiger partial charge in [0, 0.05) is 11.6 Å². The molecule has 4 rings (SSSR count). The number of oxazole rings is 1. The van der Waals surface area contributed by atoms with Gasteiger partial charge in [0.05, 0.1) is 0 Å². The summed E-state index contributed by atoms with van der Waals surface area (Å²) < 4.78 is 5.92. The summed E-state index contributed by atoms with van der Waals surface area (Å²) in [4.78, 5) is 16.4. The Balaban J connectivity index is 1.59. The molecule has 6 nitrogen and oxygen atoms in total. The highest BCUT2D eigenvalue weighted by atomic mass is 35.5. The molecule has 3 aromatic rings. The highest BCUT2D eigenvalue weighted by molar-refractivity contribution is 7.17. The van der Waals surface area contributed by atoms with Crippen molar-refractivity contribution in [1.29, 1.82) is 0 Å². The predicted octanol–water partition coefficient (Wildman–Crippen LogP) is 3.46. The first-order chi connectivity index (χ1) is 10.2. The molecule has 2 aromatic heterocycles. The molecule has 0 spiro atoms. The summed E-state index contributed by atoms with van der Waals surface area (Å²) in [5, 5.41) is 10.3. The second kappa shape index (κ2) is 4.78. The fourth-order valence-electron chi connectivity index (χ4n) is 2.01. The van der Waals surface area contributed by atoms with Gasteiger partial charge in [-0.25, -0.2) is 4.98 Å². The SMILES string of the molecule is O=C(Nc1ccc2oc(C3CC3)nc2c1)c1nnc(Cl)s1. The van der Waals surface area contributed by atoms with Gasteiger partial charge < -0.3 is 9.73 Å². The van der Waals surface area contributed by atoms with E-state index in [0.717, 1.165) is 41.2 Å². The van der Waals surface area contributed by atoms with Crippen LogP contribution < -0.4 is 5.32 Å². The van der Waals surface area contributed by atoms with Crippen molar-refractivity contribution in [3.8, 4) is 0 Å². The van der Waals surface area contributed by atoms with Gasteiger partial charge in [-0.2, -0.15) is 0 Å². The molecule has 1 saturated carbocycles. The summed E-state index contributed by atoms with van der Waals surface area (Å²) >= 11 is 6.70. The summed E-state index contributed by atoms with van der Waals surface area (Å²) in [6, 6.07) is 5.35. The van der Waals surface area contributed by atoms with Crippen molar-refractivity contribution >= 4 is 45.6 Å². The number of aromatic nitrogens is 3. The highest BCUT2D eigenvalue weighted by Gasteiger charge is 2.28. The van der Waals surface area contributed by atoms with Crippen molar-refractivity contribution in [1.82, 2.24) is 15.2 Å². The first-order valence-corrected chi connectivity index (χ1v) is 7.59. The number of nitrogens with zero attached hydrogens (tertiary/aromatic N) is 3. The van der Waals surface area contributed by atoms with Gasteiger partial charge in [-0.15, -0.1) is 10.2 Å². The van der Waals surface area contributed by atoms with Crippen molar-refractivity contribution < 1.29 is 9.21 Å².